The molecule has 21 heteroatoms. The summed E-state index contributed by atoms with van der Waals surface area (Å²) in [4.78, 5) is 24.4. The molecule has 0 spiro atoms. The maximum atomic E-state index is 12.5. The van der Waals surface area contributed by atoms with E-state index in [9.17, 15) is 36.6 Å². The second-order valence-corrected chi connectivity index (χ2v) is 13.8. The van der Waals surface area contributed by atoms with Crippen LogP contribution in [-0.2, 0) is 37.4 Å². The fourth-order valence-corrected chi connectivity index (χ4v) is 5.49. The summed E-state index contributed by atoms with van der Waals surface area (Å²) in [6, 6.07) is 23.7. The summed E-state index contributed by atoms with van der Waals surface area (Å²) in [5.41, 5.74) is 0.148. The molecular weight excluding hydrogens is 769 g/mol. The molecule has 0 aliphatic heterocycles. The molecule has 0 atom stereocenters. The van der Waals surface area contributed by atoms with Gasteiger partial charge in [-0.3, -0.25) is 9.59 Å². The van der Waals surface area contributed by atoms with Crippen molar-refractivity contribution in [2.45, 2.75) is 23.6 Å². The Balaban J connectivity index is 0.000000280. The summed E-state index contributed by atoms with van der Waals surface area (Å²) in [5, 5.41) is 57.0. The van der Waals surface area contributed by atoms with Crippen LogP contribution in [-0.4, -0.2) is 26.2 Å². The molecule has 1 radical (unpaired) electrons. The van der Waals surface area contributed by atoms with Crippen molar-refractivity contribution in [3.8, 4) is 22.9 Å². The largest absolute Gasteiger partial charge is 3.00 e. The Hall–Kier alpha value is -5.95. The smallest absolute Gasteiger partial charge is 0.871 e. The minimum Gasteiger partial charge on any atom is -0.871 e. The second kappa shape index (κ2) is 16.2. The maximum absolute atomic E-state index is 12.5. The Morgan fingerprint density at radius 1 is 0.585 bits per heavy atom. The first-order valence-corrected chi connectivity index (χ1v) is 17.8. The van der Waals surface area contributed by atoms with Gasteiger partial charge in [0.05, 0.1) is 21.2 Å². The van der Waals surface area contributed by atoms with Crippen molar-refractivity contribution in [3.05, 3.63) is 129 Å². The normalized spacial score (nSPS) is 11.7. The van der Waals surface area contributed by atoms with Crippen molar-refractivity contribution in [1.82, 2.24) is 19.6 Å². The molecule has 0 aliphatic carbocycles. The molecule has 0 aliphatic rings. The topological polar surface area (TPSA) is 288 Å². The van der Waals surface area contributed by atoms with Crippen LogP contribution in [0.5, 0.6) is 11.5 Å². The van der Waals surface area contributed by atoms with E-state index in [1.54, 1.807) is 74.5 Å². The van der Waals surface area contributed by atoms with Crippen LogP contribution in [0.25, 0.3) is 11.4 Å². The number of rotatable bonds is 8. The number of hydrogen-bond acceptors (Lipinski definition) is 12. The molecule has 0 amide bonds. The number of nitrogens with two attached hydrogens (primary N) is 2. The number of hydrogen-bond donors (Lipinski definition) is 2. The predicted octanol–water partition coefficient (Wildman–Crippen LogP) is 2.59. The zero-order valence-corrected chi connectivity index (χ0v) is 30.4. The van der Waals surface area contributed by atoms with Crippen molar-refractivity contribution < 1.29 is 45.8 Å². The summed E-state index contributed by atoms with van der Waals surface area (Å²) in [7, 11) is -7.98. The van der Waals surface area contributed by atoms with Crippen LogP contribution in [0.4, 0.5) is 22.7 Å². The molecule has 18 nitrogen and oxygen atoms in total. The molecule has 2 aromatic heterocycles. The minimum absolute atomic E-state index is 0. The van der Waals surface area contributed by atoms with E-state index in [1.165, 1.54) is 9.36 Å². The molecule has 6 aromatic rings. The number of benzene rings is 4. The zero-order valence-electron chi connectivity index (χ0n) is 28.5. The standard InChI is InChI=1S/2C16H15N5O4S.Cr/c2*1-10-15(16(23)21(20-10)11-5-3-2-4-6-11)19-18-13-9-12(26(17,24)25)7-8-14(13)22;/h2*2-9H,1H3,(H4,17,18,19,20,22,23,24,25);/q;;+3/p-3. The fraction of sp³-hybridized carbons (Fsp3) is 0.0625. The van der Waals surface area contributed by atoms with E-state index in [2.05, 4.69) is 30.7 Å². The Kier molecular flexibility index (Phi) is 12.1. The molecule has 2 heterocycles. The van der Waals surface area contributed by atoms with E-state index < -0.39 is 42.7 Å². The van der Waals surface area contributed by atoms with Gasteiger partial charge in [-0.25, -0.2) is 27.1 Å². The molecule has 0 saturated carbocycles. The third-order valence-electron chi connectivity index (χ3n) is 7.01. The number of aromatic nitrogens is 4. The van der Waals surface area contributed by atoms with Gasteiger partial charge in [0.2, 0.25) is 20.0 Å². The molecule has 4 aromatic carbocycles. The number of sulfonamides is 2. The first-order chi connectivity index (χ1) is 24.5. The van der Waals surface area contributed by atoms with Crippen molar-refractivity contribution in [2.75, 3.05) is 0 Å². The summed E-state index contributed by atoms with van der Waals surface area (Å²) in [5.74, 6) is -1.11. The Bertz CT molecular complexity index is 2490. The first-order valence-electron chi connectivity index (χ1n) is 14.7. The molecule has 53 heavy (non-hydrogen) atoms. The third-order valence-corrected chi connectivity index (χ3v) is 8.83. The number of nitrogens with zero attached hydrogens (tertiary/aromatic N) is 8. The van der Waals surface area contributed by atoms with Gasteiger partial charge in [-0.15, -0.1) is 21.6 Å². The van der Waals surface area contributed by atoms with Crippen LogP contribution in [0.15, 0.2) is 137 Å². The van der Waals surface area contributed by atoms with Gasteiger partial charge in [0.25, 0.3) is 11.1 Å². The van der Waals surface area contributed by atoms with Crippen LogP contribution in [0.2, 0.25) is 0 Å². The first kappa shape index (κ1) is 39.8. The van der Waals surface area contributed by atoms with Gasteiger partial charge in [0.1, 0.15) is 11.4 Å². The fourth-order valence-electron chi connectivity index (χ4n) is 4.43. The number of azo groups is 2. The number of primary sulfonamides is 2. The minimum atomic E-state index is -3.99. The van der Waals surface area contributed by atoms with Crippen molar-refractivity contribution >= 4 is 42.8 Å². The third kappa shape index (κ3) is 9.30. The van der Waals surface area contributed by atoms with E-state index in [0.717, 1.165) is 36.4 Å². The van der Waals surface area contributed by atoms with Crippen molar-refractivity contribution in [3.63, 3.8) is 0 Å². The number of para-hydroxylation sites is 2. The van der Waals surface area contributed by atoms with E-state index in [4.69, 9.17) is 10.3 Å². The Labute approximate surface area is 313 Å². The SMILES string of the molecule is Cc1[n-]n(-c2ccccc2)c(=O)c1N=Nc1cc(S(N)(=O)=O)ccc1[O-].Cc1[n-]n(-c2ccccc2)c(=O)c1N=Nc1cc(S(N)(=O)=O)ccc1[O-].[Cr+3].[H+]. The van der Waals surface area contributed by atoms with E-state index in [1.807, 2.05) is 0 Å². The quantitative estimate of drug-likeness (QED) is 0.212. The summed E-state index contributed by atoms with van der Waals surface area (Å²) in [6.07, 6.45) is 0. The monoisotopic (exact) mass is 795 g/mol. The van der Waals surface area contributed by atoms with Crippen molar-refractivity contribution in [2.24, 2.45) is 30.7 Å². The molecule has 4 N–H and O–H groups in total. The zero-order chi connectivity index (χ0) is 37.8. The number of aryl methyl sites for hydroxylation is 2. The Morgan fingerprint density at radius 3 is 1.25 bits per heavy atom. The van der Waals surface area contributed by atoms with E-state index >= 15 is 0 Å². The molecule has 0 saturated heterocycles. The average Bonchev–Trinajstić information content (AvgIpc) is 3.56. The molecule has 0 bridgehead atoms. The molecule has 6 rings (SSSR count). The molecule has 271 valence electrons. The van der Waals surface area contributed by atoms with Crippen LogP contribution in [0.3, 0.4) is 0 Å². The van der Waals surface area contributed by atoms with Crippen LogP contribution in [0.1, 0.15) is 12.8 Å². The van der Waals surface area contributed by atoms with E-state index in [-0.39, 0.29) is 51.3 Å². The van der Waals surface area contributed by atoms with Crippen molar-refractivity contribution in [1.29, 1.82) is 0 Å². The maximum Gasteiger partial charge on any atom is 3.00 e. The molecular formula is C32H27CrN10O8S2. The van der Waals surface area contributed by atoms with Gasteiger partial charge < -0.3 is 29.8 Å². The van der Waals surface area contributed by atoms with Gasteiger partial charge in [-0.05, 0) is 48.5 Å². The van der Waals surface area contributed by atoms with Crippen LogP contribution in [0, 0.1) is 13.8 Å². The van der Waals surface area contributed by atoms with E-state index in [0.29, 0.717) is 22.8 Å². The van der Waals surface area contributed by atoms with Crippen LogP contribution < -0.4 is 41.8 Å². The molecule has 0 fully saturated rings. The molecule has 0 unspecified atom stereocenters. The van der Waals surface area contributed by atoms with Crippen LogP contribution >= 0.6 is 0 Å². The van der Waals surface area contributed by atoms with Gasteiger partial charge in [-0.2, -0.15) is 10.2 Å². The van der Waals surface area contributed by atoms with Gasteiger partial charge >= 0.3 is 18.8 Å². The summed E-state index contributed by atoms with van der Waals surface area (Å²) < 4.78 is 47.9. The summed E-state index contributed by atoms with van der Waals surface area (Å²) in [6.45, 7) is 3.15. The summed E-state index contributed by atoms with van der Waals surface area (Å²) >= 11 is 0. The Morgan fingerprint density at radius 2 is 0.925 bits per heavy atom. The second-order valence-electron chi connectivity index (χ2n) is 10.7. The van der Waals surface area contributed by atoms with Gasteiger partial charge in [0, 0.05) is 11.4 Å². The predicted molar refractivity (Wildman–Crippen MR) is 184 cm³/mol. The van der Waals surface area contributed by atoms with Gasteiger partial charge in [-0.1, -0.05) is 73.9 Å². The van der Waals surface area contributed by atoms with Gasteiger partial charge in [0.15, 0.2) is 0 Å². The average molecular weight is 796 g/mol.